The van der Waals surface area contributed by atoms with Gasteiger partial charge in [-0.05, 0) is 36.4 Å². The largest absolute Gasteiger partial charge is 0.363 e. The molecule has 1 aromatic carbocycles. The van der Waals surface area contributed by atoms with Gasteiger partial charge in [0.05, 0.1) is 11.1 Å². The number of thiazole rings is 1. The highest BCUT2D eigenvalue weighted by Crippen LogP contribution is 2.30. The Labute approximate surface area is 142 Å². The number of amides is 1. The molecule has 1 N–H and O–H groups in total. The van der Waals surface area contributed by atoms with E-state index in [0.717, 1.165) is 11.4 Å². The van der Waals surface area contributed by atoms with Crippen molar-refractivity contribution in [3.63, 3.8) is 0 Å². The van der Waals surface area contributed by atoms with E-state index in [1.165, 1.54) is 29.7 Å². The number of halogens is 1. The number of benzene rings is 1. The van der Waals surface area contributed by atoms with Gasteiger partial charge in [-0.2, -0.15) is 0 Å². The van der Waals surface area contributed by atoms with E-state index >= 15 is 0 Å². The van der Waals surface area contributed by atoms with Crippen LogP contribution < -0.4 is 10.2 Å². The van der Waals surface area contributed by atoms with Crippen LogP contribution in [-0.2, 0) is 0 Å². The van der Waals surface area contributed by atoms with Gasteiger partial charge in [-0.1, -0.05) is 0 Å². The van der Waals surface area contributed by atoms with E-state index in [1.54, 1.807) is 29.8 Å². The summed E-state index contributed by atoms with van der Waals surface area (Å²) in [7, 11) is 3.77. The normalized spacial score (nSPS) is 10.5. The van der Waals surface area contributed by atoms with Gasteiger partial charge in [0, 0.05) is 25.9 Å². The van der Waals surface area contributed by atoms with Gasteiger partial charge in [-0.3, -0.25) is 4.79 Å². The second-order valence-corrected chi connectivity index (χ2v) is 6.15. The molecule has 0 fully saturated rings. The Morgan fingerprint density at radius 3 is 2.50 bits per heavy atom. The third-order valence-corrected chi connectivity index (χ3v) is 4.12. The maximum Gasteiger partial charge on any atom is 0.257 e. The van der Waals surface area contributed by atoms with E-state index in [-0.39, 0.29) is 11.7 Å². The van der Waals surface area contributed by atoms with Gasteiger partial charge < -0.3 is 10.2 Å². The van der Waals surface area contributed by atoms with Crippen LogP contribution in [0.15, 0.2) is 48.1 Å². The van der Waals surface area contributed by atoms with Crippen LogP contribution in [0.5, 0.6) is 0 Å². The maximum absolute atomic E-state index is 13.1. The zero-order valence-electron chi connectivity index (χ0n) is 13.2. The van der Waals surface area contributed by atoms with Crippen LogP contribution in [0.2, 0.25) is 0 Å². The zero-order chi connectivity index (χ0) is 17.1. The highest BCUT2D eigenvalue weighted by atomic mass is 32.1. The summed E-state index contributed by atoms with van der Waals surface area (Å²) in [6.07, 6.45) is 1.53. The predicted octanol–water partition coefficient (Wildman–Crippen LogP) is 3.66. The number of aromatic nitrogens is 2. The molecule has 0 aliphatic carbocycles. The highest BCUT2D eigenvalue weighted by molar-refractivity contribution is 7.14. The molecule has 0 unspecified atom stereocenters. The quantitative estimate of drug-likeness (QED) is 0.786. The molecule has 0 aliphatic heterocycles. The average molecular weight is 342 g/mol. The average Bonchev–Trinajstić information content (AvgIpc) is 3.03. The maximum atomic E-state index is 13.1. The van der Waals surface area contributed by atoms with Gasteiger partial charge in [0.2, 0.25) is 0 Å². The Balaban J connectivity index is 1.80. The van der Waals surface area contributed by atoms with Gasteiger partial charge >= 0.3 is 0 Å². The molecule has 0 saturated heterocycles. The summed E-state index contributed by atoms with van der Waals surface area (Å²) in [4.78, 5) is 22.7. The molecule has 0 radical (unpaired) electrons. The number of carbonyl (C=O) groups excluding carboxylic acids is 1. The van der Waals surface area contributed by atoms with Crippen molar-refractivity contribution < 1.29 is 9.18 Å². The minimum atomic E-state index is -0.313. The number of nitrogens with one attached hydrogen (secondary N) is 1. The molecule has 5 nitrogen and oxygen atoms in total. The first-order valence-corrected chi connectivity index (χ1v) is 8.06. The Bertz CT molecular complexity index is 844. The van der Waals surface area contributed by atoms with Gasteiger partial charge in [-0.25, -0.2) is 14.4 Å². The molecule has 2 heterocycles. The lowest BCUT2D eigenvalue weighted by molar-refractivity contribution is 0.102. The predicted molar refractivity (Wildman–Crippen MR) is 94.0 cm³/mol. The second-order valence-electron chi connectivity index (χ2n) is 5.29. The van der Waals surface area contributed by atoms with Crippen LogP contribution in [0.25, 0.3) is 11.3 Å². The van der Waals surface area contributed by atoms with Crippen LogP contribution in [0.4, 0.5) is 15.2 Å². The SMILES string of the molecule is CN(C)c1ccc(C(=O)Nc2scnc2-c2ccc(F)cc2)cn1. The van der Waals surface area contributed by atoms with Gasteiger partial charge in [0.15, 0.2) is 0 Å². The highest BCUT2D eigenvalue weighted by Gasteiger charge is 2.14. The molecule has 7 heteroatoms. The minimum Gasteiger partial charge on any atom is -0.363 e. The third-order valence-electron chi connectivity index (χ3n) is 3.38. The van der Waals surface area contributed by atoms with Gasteiger partial charge in [0.25, 0.3) is 5.91 Å². The van der Waals surface area contributed by atoms with Gasteiger partial charge in [0.1, 0.15) is 22.3 Å². The number of hydrogen-bond donors (Lipinski definition) is 1. The lowest BCUT2D eigenvalue weighted by atomic mass is 10.1. The van der Waals surface area contributed by atoms with Crippen molar-refractivity contribution in [2.45, 2.75) is 0 Å². The Morgan fingerprint density at radius 1 is 1.12 bits per heavy atom. The van der Waals surface area contributed by atoms with Crippen molar-refractivity contribution in [3.8, 4) is 11.3 Å². The number of carbonyl (C=O) groups is 1. The summed E-state index contributed by atoms with van der Waals surface area (Å²) in [6.45, 7) is 0. The second kappa shape index (κ2) is 6.76. The van der Waals surface area contributed by atoms with Crippen molar-refractivity contribution in [2.75, 3.05) is 24.3 Å². The van der Waals surface area contributed by atoms with E-state index in [9.17, 15) is 9.18 Å². The number of anilines is 2. The Kier molecular flexibility index (Phi) is 4.52. The first-order valence-electron chi connectivity index (χ1n) is 7.19. The van der Waals surface area contributed by atoms with E-state index < -0.39 is 0 Å². The fourth-order valence-corrected chi connectivity index (χ4v) is 2.81. The minimum absolute atomic E-state index is 0.264. The van der Waals surface area contributed by atoms with E-state index in [2.05, 4.69) is 15.3 Å². The number of pyridine rings is 1. The Morgan fingerprint density at radius 2 is 1.88 bits per heavy atom. The molecule has 1 amide bonds. The molecule has 24 heavy (non-hydrogen) atoms. The summed E-state index contributed by atoms with van der Waals surface area (Å²) < 4.78 is 13.1. The van der Waals surface area contributed by atoms with Crippen molar-refractivity contribution in [1.29, 1.82) is 0 Å². The van der Waals surface area contributed by atoms with Crippen LogP contribution in [0.1, 0.15) is 10.4 Å². The molecule has 0 spiro atoms. The number of hydrogen-bond acceptors (Lipinski definition) is 5. The summed E-state index contributed by atoms with van der Waals surface area (Å²) in [5.74, 6) is 0.198. The number of nitrogens with zero attached hydrogens (tertiary/aromatic N) is 3. The molecular weight excluding hydrogens is 327 g/mol. The van der Waals surface area contributed by atoms with Crippen LogP contribution in [0, 0.1) is 5.82 Å². The molecule has 2 aromatic heterocycles. The molecular formula is C17H15FN4OS. The van der Waals surface area contributed by atoms with Crippen molar-refractivity contribution in [1.82, 2.24) is 9.97 Å². The molecule has 3 rings (SSSR count). The fourth-order valence-electron chi connectivity index (χ4n) is 2.11. The van der Waals surface area contributed by atoms with E-state index in [1.807, 2.05) is 19.0 Å². The van der Waals surface area contributed by atoms with E-state index in [4.69, 9.17) is 0 Å². The van der Waals surface area contributed by atoms with Crippen LogP contribution >= 0.6 is 11.3 Å². The monoisotopic (exact) mass is 342 g/mol. The number of rotatable bonds is 4. The molecule has 0 atom stereocenters. The lowest BCUT2D eigenvalue weighted by Crippen LogP contribution is -2.14. The first-order chi connectivity index (χ1) is 11.5. The zero-order valence-corrected chi connectivity index (χ0v) is 14.0. The van der Waals surface area contributed by atoms with Gasteiger partial charge in [-0.15, -0.1) is 11.3 Å². The third kappa shape index (κ3) is 3.41. The topological polar surface area (TPSA) is 58.1 Å². The Hall–Kier alpha value is -2.80. The van der Waals surface area contributed by atoms with Crippen molar-refractivity contribution >= 4 is 28.1 Å². The lowest BCUT2D eigenvalue weighted by Gasteiger charge is -2.11. The smallest absolute Gasteiger partial charge is 0.257 e. The molecule has 122 valence electrons. The summed E-state index contributed by atoms with van der Waals surface area (Å²) >= 11 is 1.31. The van der Waals surface area contributed by atoms with Crippen molar-refractivity contribution in [3.05, 3.63) is 59.5 Å². The fraction of sp³-hybridized carbons (Fsp3) is 0.118. The summed E-state index contributed by atoms with van der Waals surface area (Å²) in [5, 5.41) is 3.45. The molecule has 3 aromatic rings. The first kappa shape index (κ1) is 16.1. The molecule has 0 bridgehead atoms. The van der Waals surface area contributed by atoms with Crippen LogP contribution in [0.3, 0.4) is 0 Å². The van der Waals surface area contributed by atoms with Crippen molar-refractivity contribution in [2.24, 2.45) is 0 Å². The van der Waals surface area contributed by atoms with Crippen LogP contribution in [-0.4, -0.2) is 30.0 Å². The summed E-state index contributed by atoms with van der Waals surface area (Å²) in [6, 6.07) is 9.49. The standard InChI is InChI=1S/C17H15FN4OS/c1-22(2)14-8-5-12(9-19-14)16(23)21-17-15(20-10-24-17)11-3-6-13(18)7-4-11/h3-10H,1-2H3,(H,21,23). The molecule has 0 saturated carbocycles. The molecule has 0 aliphatic rings. The summed E-state index contributed by atoms with van der Waals surface area (Å²) in [5.41, 5.74) is 3.46. The van der Waals surface area contributed by atoms with E-state index in [0.29, 0.717) is 16.3 Å².